The van der Waals surface area contributed by atoms with Crippen LogP contribution < -0.4 is 15.5 Å². The quantitative estimate of drug-likeness (QED) is 0.565. The van der Waals surface area contributed by atoms with Gasteiger partial charge in [-0.15, -0.1) is 0 Å². The third-order valence-corrected chi connectivity index (χ3v) is 5.50. The number of hydrogen-bond donors (Lipinski definition) is 2. The average molecular weight is 377 g/mol. The second-order valence-corrected chi connectivity index (χ2v) is 7.41. The van der Waals surface area contributed by atoms with E-state index in [-0.39, 0.29) is 11.9 Å². The lowest BCUT2D eigenvalue weighted by molar-refractivity contribution is 0.242. The first kappa shape index (κ1) is 19.9. The number of nitrogens with zero attached hydrogens (tertiary/aromatic N) is 4. The molecule has 0 aliphatic carbocycles. The second-order valence-electron chi connectivity index (χ2n) is 7.41. The van der Waals surface area contributed by atoms with E-state index in [9.17, 15) is 4.39 Å². The standard InChI is InChI=1S/C20H33FN6/c1-3-17(26-11-5-6-12-26)14-24-20(22-4-2)25-16-9-13-27(15-16)19-18(21)8-7-10-23-19/h7-8,10,16-17H,3-6,9,11-15H2,1-2H3,(H2,22,24,25). The molecule has 3 rings (SSSR count). The summed E-state index contributed by atoms with van der Waals surface area (Å²) in [6.07, 6.45) is 6.33. The highest BCUT2D eigenvalue weighted by atomic mass is 19.1. The van der Waals surface area contributed by atoms with Crippen LogP contribution >= 0.6 is 0 Å². The van der Waals surface area contributed by atoms with E-state index in [4.69, 9.17) is 4.99 Å². The van der Waals surface area contributed by atoms with E-state index in [0.717, 1.165) is 45.0 Å². The van der Waals surface area contributed by atoms with Gasteiger partial charge in [-0.1, -0.05) is 6.92 Å². The van der Waals surface area contributed by atoms with Crippen molar-refractivity contribution in [1.82, 2.24) is 20.5 Å². The van der Waals surface area contributed by atoms with E-state index in [2.05, 4.69) is 34.4 Å². The van der Waals surface area contributed by atoms with Gasteiger partial charge in [0.15, 0.2) is 17.6 Å². The maximum Gasteiger partial charge on any atom is 0.191 e. The number of aromatic nitrogens is 1. The number of likely N-dealkylation sites (tertiary alicyclic amines) is 1. The van der Waals surface area contributed by atoms with Crippen LogP contribution in [0.1, 0.15) is 39.5 Å². The Balaban J connectivity index is 1.56. The maximum absolute atomic E-state index is 14.0. The molecule has 0 radical (unpaired) electrons. The molecule has 0 bridgehead atoms. The molecule has 2 saturated heterocycles. The van der Waals surface area contributed by atoms with Crippen LogP contribution in [-0.4, -0.2) is 67.2 Å². The Morgan fingerprint density at radius 2 is 2.15 bits per heavy atom. The molecule has 7 heteroatoms. The van der Waals surface area contributed by atoms with E-state index >= 15 is 0 Å². The number of hydrogen-bond acceptors (Lipinski definition) is 4. The Morgan fingerprint density at radius 1 is 1.33 bits per heavy atom. The van der Waals surface area contributed by atoms with Gasteiger partial charge in [0.25, 0.3) is 0 Å². The molecule has 0 spiro atoms. The molecule has 0 saturated carbocycles. The summed E-state index contributed by atoms with van der Waals surface area (Å²) in [5.41, 5.74) is 0. The van der Waals surface area contributed by atoms with Crippen LogP contribution in [0.15, 0.2) is 23.3 Å². The Bertz CT molecular complexity index is 616. The number of anilines is 1. The lowest BCUT2D eigenvalue weighted by Crippen LogP contribution is -2.45. The van der Waals surface area contributed by atoms with Crippen LogP contribution in [0.5, 0.6) is 0 Å². The molecule has 2 unspecified atom stereocenters. The molecule has 2 N–H and O–H groups in total. The SMILES string of the molecule is CCNC(=NCC(CC)N1CCCC1)NC1CCN(c2ncccc2F)C1. The molecule has 3 heterocycles. The van der Waals surface area contributed by atoms with Crippen LogP contribution in [0.2, 0.25) is 0 Å². The van der Waals surface area contributed by atoms with Gasteiger partial charge < -0.3 is 15.5 Å². The van der Waals surface area contributed by atoms with E-state index in [1.54, 1.807) is 12.3 Å². The third-order valence-electron chi connectivity index (χ3n) is 5.50. The van der Waals surface area contributed by atoms with Gasteiger partial charge in [-0.3, -0.25) is 9.89 Å². The monoisotopic (exact) mass is 376 g/mol. The topological polar surface area (TPSA) is 55.8 Å². The largest absolute Gasteiger partial charge is 0.357 e. The Hall–Kier alpha value is -1.89. The molecule has 6 nitrogen and oxygen atoms in total. The molecule has 27 heavy (non-hydrogen) atoms. The number of pyridine rings is 1. The van der Waals surface area contributed by atoms with Gasteiger partial charge in [0.2, 0.25) is 0 Å². The smallest absolute Gasteiger partial charge is 0.191 e. The van der Waals surface area contributed by atoms with E-state index in [0.29, 0.717) is 11.9 Å². The molecular weight excluding hydrogens is 343 g/mol. The fraction of sp³-hybridized carbons (Fsp3) is 0.700. The summed E-state index contributed by atoms with van der Waals surface area (Å²) < 4.78 is 14.0. The van der Waals surface area contributed by atoms with Crippen molar-refractivity contribution in [1.29, 1.82) is 0 Å². The Morgan fingerprint density at radius 3 is 2.85 bits per heavy atom. The van der Waals surface area contributed by atoms with Gasteiger partial charge in [-0.25, -0.2) is 9.37 Å². The first-order valence-electron chi connectivity index (χ1n) is 10.4. The predicted octanol–water partition coefficient (Wildman–Crippen LogP) is 2.23. The first-order valence-corrected chi connectivity index (χ1v) is 10.4. The third kappa shape index (κ3) is 5.31. The van der Waals surface area contributed by atoms with Crippen LogP contribution in [0.3, 0.4) is 0 Å². The molecule has 0 aromatic carbocycles. The number of halogens is 1. The van der Waals surface area contributed by atoms with Gasteiger partial charge in [-0.05, 0) is 57.8 Å². The van der Waals surface area contributed by atoms with E-state index in [1.165, 1.54) is 32.0 Å². The summed E-state index contributed by atoms with van der Waals surface area (Å²) in [5, 5.41) is 6.89. The number of aliphatic imine (C=N–C) groups is 1. The highest BCUT2D eigenvalue weighted by molar-refractivity contribution is 5.80. The summed E-state index contributed by atoms with van der Waals surface area (Å²) in [6, 6.07) is 3.87. The van der Waals surface area contributed by atoms with Crippen molar-refractivity contribution in [2.24, 2.45) is 4.99 Å². The van der Waals surface area contributed by atoms with Gasteiger partial charge >= 0.3 is 0 Å². The summed E-state index contributed by atoms with van der Waals surface area (Å²) in [5.74, 6) is 1.06. The molecule has 0 amide bonds. The zero-order chi connectivity index (χ0) is 19.1. The normalized spacial score (nSPS) is 22.3. The van der Waals surface area contributed by atoms with Gasteiger partial charge in [0.05, 0.1) is 6.54 Å². The fourth-order valence-electron chi connectivity index (χ4n) is 4.00. The van der Waals surface area contributed by atoms with Gasteiger partial charge in [-0.2, -0.15) is 0 Å². The van der Waals surface area contributed by atoms with Crippen molar-refractivity contribution < 1.29 is 4.39 Å². The minimum Gasteiger partial charge on any atom is -0.357 e. The van der Waals surface area contributed by atoms with E-state index in [1.807, 2.05) is 4.90 Å². The summed E-state index contributed by atoms with van der Waals surface area (Å²) in [7, 11) is 0. The van der Waals surface area contributed by atoms with E-state index < -0.39 is 0 Å². The minimum atomic E-state index is -0.255. The highest BCUT2D eigenvalue weighted by Gasteiger charge is 2.26. The highest BCUT2D eigenvalue weighted by Crippen LogP contribution is 2.20. The number of nitrogens with one attached hydrogen (secondary N) is 2. The molecule has 2 atom stereocenters. The van der Waals surface area contributed by atoms with Crippen molar-refractivity contribution in [3.05, 3.63) is 24.1 Å². The van der Waals surface area contributed by atoms with Gasteiger partial charge in [0.1, 0.15) is 0 Å². The van der Waals surface area contributed by atoms with Crippen LogP contribution in [0, 0.1) is 5.82 Å². The summed E-state index contributed by atoms with van der Waals surface area (Å²) in [4.78, 5) is 13.6. The summed E-state index contributed by atoms with van der Waals surface area (Å²) in [6.45, 7) is 9.91. The first-order chi connectivity index (χ1) is 13.2. The van der Waals surface area contributed by atoms with Crippen molar-refractivity contribution in [3.63, 3.8) is 0 Å². The van der Waals surface area contributed by atoms with Crippen molar-refractivity contribution in [2.75, 3.05) is 44.2 Å². The maximum atomic E-state index is 14.0. The fourth-order valence-corrected chi connectivity index (χ4v) is 4.00. The molecule has 150 valence electrons. The van der Waals surface area contributed by atoms with Crippen LogP contribution in [-0.2, 0) is 0 Å². The van der Waals surface area contributed by atoms with Crippen LogP contribution in [0.4, 0.5) is 10.2 Å². The number of guanidine groups is 1. The molecule has 2 aliphatic rings. The predicted molar refractivity (Wildman–Crippen MR) is 109 cm³/mol. The summed E-state index contributed by atoms with van der Waals surface area (Å²) >= 11 is 0. The second kappa shape index (κ2) is 9.88. The average Bonchev–Trinajstić information content (AvgIpc) is 3.35. The molecule has 2 aliphatic heterocycles. The lowest BCUT2D eigenvalue weighted by Gasteiger charge is -2.25. The molecular formula is C20H33FN6. The van der Waals surface area contributed by atoms with Gasteiger partial charge in [0, 0.05) is 37.9 Å². The Kier molecular flexibility index (Phi) is 7.26. The van der Waals surface area contributed by atoms with Crippen molar-refractivity contribution in [2.45, 2.75) is 51.6 Å². The lowest BCUT2D eigenvalue weighted by atomic mass is 10.2. The minimum absolute atomic E-state index is 0.246. The zero-order valence-corrected chi connectivity index (χ0v) is 16.6. The van der Waals surface area contributed by atoms with Crippen LogP contribution in [0.25, 0.3) is 0 Å². The number of rotatable bonds is 7. The molecule has 2 fully saturated rings. The van der Waals surface area contributed by atoms with Crippen molar-refractivity contribution >= 4 is 11.8 Å². The Labute approximate surface area is 162 Å². The zero-order valence-electron chi connectivity index (χ0n) is 16.6. The van der Waals surface area contributed by atoms with Crippen molar-refractivity contribution in [3.8, 4) is 0 Å². The molecule has 1 aromatic rings. The molecule has 1 aromatic heterocycles.